The van der Waals surface area contributed by atoms with Crippen LogP contribution in [0.4, 0.5) is 0 Å². The van der Waals surface area contributed by atoms with Crippen LogP contribution >= 0.6 is 15.9 Å². The molecule has 0 bridgehead atoms. The molecule has 2 nitrogen and oxygen atoms in total. The van der Waals surface area contributed by atoms with Crippen molar-refractivity contribution in [2.24, 2.45) is 5.92 Å². The van der Waals surface area contributed by atoms with Crippen LogP contribution in [0.2, 0.25) is 0 Å². The summed E-state index contributed by atoms with van der Waals surface area (Å²) in [4.78, 5) is 2.54. The molecular weight excluding hydrogens is 312 g/mol. The van der Waals surface area contributed by atoms with Gasteiger partial charge in [-0.2, -0.15) is 0 Å². The number of hydrogen-bond acceptors (Lipinski definition) is 2. The standard InChI is InChI=1S/C17H25BrN2/c1-13(2)9-16-12-20(11-14(3)18)17(10-19-16)15-7-5-4-6-8-15/h4-8,13,16-17,19H,3,9-12H2,1-2H3. The van der Waals surface area contributed by atoms with Crippen molar-refractivity contribution in [3.05, 3.63) is 47.0 Å². The predicted molar refractivity (Wildman–Crippen MR) is 90.1 cm³/mol. The Bertz CT molecular complexity index is 430. The normalized spacial score (nSPS) is 24.0. The predicted octanol–water partition coefficient (Wildman–Crippen LogP) is 3.96. The van der Waals surface area contributed by atoms with Crippen molar-refractivity contribution in [3.8, 4) is 0 Å². The third kappa shape index (κ3) is 4.44. The lowest BCUT2D eigenvalue weighted by atomic mass is 9.96. The molecule has 110 valence electrons. The van der Waals surface area contributed by atoms with E-state index in [9.17, 15) is 0 Å². The zero-order chi connectivity index (χ0) is 14.5. The van der Waals surface area contributed by atoms with Gasteiger partial charge in [-0.1, -0.05) is 66.7 Å². The first-order valence-corrected chi connectivity index (χ1v) is 8.21. The number of halogens is 1. The van der Waals surface area contributed by atoms with E-state index >= 15 is 0 Å². The van der Waals surface area contributed by atoms with Gasteiger partial charge in [0.05, 0.1) is 0 Å². The van der Waals surface area contributed by atoms with Gasteiger partial charge in [0.2, 0.25) is 0 Å². The Balaban J connectivity index is 2.09. The van der Waals surface area contributed by atoms with Crippen molar-refractivity contribution in [1.29, 1.82) is 0 Å². The Morgan fingerprint density at radius 3 is 2.70 bits per heavy atom. The molecule has 0 amide bonds. The molecule has 0 aromatic heterocycles. The molecule has 1 aliphatic rings. The van der Waals surface area contributed by atoms with Gasteiger partial charge in [-0.05, 0) is 17.9 Å². The van der Waals surface area contributed by atoms with Crippen LogP contribution in [0.1, 0.15) is 31.9 Å². The van der Waals surface area contributed by atoms with Crippen molar-refractivity contribution in [3.63, 3.8) is 0 Å². The van der Waals surface area contributed by atoms with Crippen LogP contribution in [0.15, 0.2) is 41.4 Å². The molecule has 1 N–H and O–H groups in total. The fraction of sp³-hybridized carbons (Fsp3) is 0.529. The van der Waals surface area contributed by atoms with E-state index in [1.807, 2.05) is 0 Å². The van der Waals surface area contributed by atoms with Crippen molar-refractivity contribution < 1.29 is 0 Å². The van der Waals surface area contributed by atoms with Gasteiger partial charge in [-0.15, -0.1) is 0 Å². The second-order valence-electron chi connectivity index (χ2n) is 6.11. The van der Waals surface area contributed by atoms with Gasteiger partial charge in [0.15, 0.2) is 0 Å². The first-order valence-electron chi connectivity index (χ1n) is 7.42. The van der Waals surface area contributed by atoms with Crippen molar-refractivity contribution in [2.45, 2.75) is 32.4 Å². The van der Waals surface area contributed by atoms with Gasteiger partial charge < -0.3 is 5.32 Å². The van der Waals surface area contributed by atoms with Crippen LogP contribution in [0.3, 0.4) is 0 Å². The van der Waals surface area contributed by atoms with Crippen LogP contribution < -0.4 is 5.32 Å². The van der Waals surface area contributed by atoms with Gasteiger partial charge in [-0.3, -0.25) is 4.90 Å². The largest absolute Gasteiger partial charge is 0.311 e. The summed E-state index contributed by atoms with van der Waals surface area (Å²) in [6.45, 7) is 11.6. The van der Waals surface area contributed by atoms with Crippen LogP contribution in [0.25, 0.3) is 0 Å². The number of piperazine rings is 1. The molecule has 0 aliphatic carbocycles. The molecular formula is C17H25BrN2. The maximum atomic E-state index is 4.02. The highest BCUT2D eigenvalue weighted by molar-refractivity contribution is 9.11. The highest BCUT2D eigenvalue weighted by Gasteiger charge is 2.29. The van der Waals surface area contributed by atoms with Crippen molar-refractivity contribution in [1.82, 2.24) is 10.2 Å². The highest BCUT2D eigenvalue weighted by atomic mass is 79.9. The highest BCUT2D eigenvalue weighted by Crippen LogP contribution is 2.26. The number of benzene rings is 1. The number of nitrogens with zero attached hydrogens (tertiary/aromatic N) is 1. The monoisotopic (exact) mass is 336 g/mol. The fourth-order valence-electron chi connectivity index (χ4n) is 3.01. The lowest BCUT2D eigenvalue weighted by Gasteiger charge is -2.41. The molecule has 1 fully saturated rings. The van der Waals surface area contributed by atoms with E-state index < -0.39 is 0 Å². The zero-order valence-electron chi connectivity index (χ0n) is 12.5. The summed E-state index contributed by atoms with van der Waals surface area (Å²) in [5.74, 6) is 0.731. The van der Waals surface area contributed by atoms with Crippen LogP contribution in [-0.4, -0.2) is 30.6 Å². The first kappa shape index (κ1) is 15.7. The molecule has 1 aliphatic heterocycles. The smallest absolute Gasteiger partial charge is 0.0477 e. The summed E-state index contributed by atoms with van der Waals surface area (Å²) in [6, 6.07) is 11.8. The Morgan fingerprint density at radius 1 is 1.40 bits per heavy atom. The number of rotatable bonds is 5. The van der Waals surface area contributed by atoms with E-state index in [1.165, 1.54) is 12.0 Å². The summed E-state index contributed by atoms with van der Waals surface area (Å²) < 4.78 is 1.06. The van der Waals surface area contributed by atoms with Gasteiger partial charge in [0, 0.05) is 36.2 Å². The second kappa shape index (κ2) is 7.39. The van der Waals surface area contributed by atoms with Crippen LogP contribution in [-0.2, 0) is 0 Å². The molecule has 0 spiro atoms. The zero-order valence-corrected chi connectivity index (χ0v) is 14.1. The summed E-state index contributed by atoms with van der Waals surface area (Å²) in [6.07, 6.45) is 1.23. The van der Waals surface area contributed by atoms with Gasteiger partial charge in [-0.25, -0.2) is 0 Å². The van der Waals surface area contributed by atoms with Gasteiger partial charge >= 0.3 is 0 Å². The minimum Gasteiger partial charge on any atom is -0.311 e. The van der Waals surface area contributed by atoms with E-state index in [0.717, 1.165) is 30.0 Å². The second-order valence-corrected chi connectivity index (χ2v) is 7.23. The van der Waals surface area contributed by atoms with E-state index in [4.69, 9.17) is 0 Å². The van der Waals surface area contributed by atoms with Crippen molar-refractivity contribution >= 4 is 15.9 Å². The van der Waals surface area contributed by atoms with Gasteiger partial charge in [0.25, 0.3) is 0 Å². The molecule has 20 heavy (non-hydrogen) atoms. The summed E-state index contributed by atoms with van der Waals surface area (Å²) >= 11 is 3.52. The lowest BCUT2D eigenvalue weighted by molar-refractivity contribution is 0.135. The summed E-state index contributed by atoms with van der Waals surface area (Å²) in [5, 5.41) is 3.72. The van der Waals surface area contributed by atoms with Gasteiger partial charge in [0.1, 0.15) is 0 Å². The molecule has 0 radical (unpaired) electrons. The van der Waals surface area contributed by atoms with Crippen molar-refractivity contribution in [2.75, 3.05) is 19.6 Å². The third-order valence-electron chi connectivity index (χ3n) is 3.81. The van der Waals surface area contributed by atoms with E-state index in [1.54, 1.807) is 0 Å². The van der Waals surface area contributed by atoms with E-state index in [2.05, 4.69) is 76.9 Å². The SMILES string of the molecule is C=C(Br)CN1CC(CC(C)C)NCC1c1ccccc1. The molecule has 2 atom stereocenters. The molecule has 1 heterocycles. The maximum Gasteiger partial charge on any atom is 0.0477 e. The minimum absolute atomic E-state index is 0.439. The topological polar surface area (TPSA) is 15.3 Å². The maximum absolute atomic E-state index is 4.02. The van der Waals surface area contributed by atoms with E-state index in [-0.39, 0.29) is 0 Å². The van der Waals surface area contributed by atoms with Crippen LogP contribution in [0, 0.1) is 5.92 Å². The third-order valence-corrected chi connectivity index (χ3v) is 4.06. The quantitative estimate of drug-likeness (QED) is 0.875. The minimum atomic E-state index is 0.439. The molecule has 1 aromatic carbocycles. The molecule has 0 saturated carbocycles. The fourth-order valence-corrected chi connectivity index (χ4v) is 3.33. The molecule has 3 heteroatoms. The first-order chi connectivity index (χ1) is 9.56. The Labute approximate surface area is 131 Å². The van der Waals surface area contributed by atoms with Crippen LogP contribution in [0.5, 0.6) is 0 Å². The summed E-state index contributed by atoms with van der Waals surface area (Å²) in [5.41, 5.74) is 1.39. The Morgan fingerprint density at radius 2 is 2.10 bits per heavy atom. The molecule has 1 aromatic rings. The Hall–Kier alpha value is -0.640. The number of nitrogens with one attached hydrogen (secondary N) is 1. The van der Waals surface area contributed by atoms with E-state index in [0.29, 0.717) is 12.1 Å². The average molecular weight is 337 g/mol. The number of hydrogen-bond donors (Lipinski definition) is 1. The molecule has 1 saturated heterocycles. The average Bonchev–Trinajstić information content (AvgIpc) is 2.38. The molecule has 2 rings (SSSR count). The Kier molecular flexibility index (Phi) is 5.82. The lowest BCUT2D eigenvalue weighted by Crippen LogP contribution is -2.52. The summed E-state index contributed by atoms with van der Waals surface area (Å²) in [7, 11) is 0. The molecule has 2 unspecified atom stereocenters.